The van der Waals surface area contributed by atoms with Gasteiger partial charge >= 0.3 is 0 Å². The Morgan fingerprint density at radius 3 is 2.72 bits per heavy atom. The van der Waals surface area contributed by atoms with Crippen molar-refractivity contribution in [1.82, 2.24) is 10.2 Å². The average Bonchev–Trinajstić information content (AvgIpc) is 2.64. The van der Waals surface area contributed by atoms with Gasteiger partial charge in [0, 0.05) is 6.04 Å². The molecule has 3 N–H and O–H groups in total. The molecule has 1 saturated carbocycles. The Morgan fingerprint density at radius 1 is 1.50 bits per heavy atom. The van der Waals surface area contributed by atoms with Crippen LogP contribution in [0, 0.1) is 5.41 Å². The van der Waals surface area contributed by atoms with E-state index in [9.17, 15) is 14.4 Å². The van der Waals surface area contributed by atoms with Crippen molar-refractivity contribution in [3.63, 3.8) is 0 Å². The highest BCUT2D eigenvalue weighted by Gasteiger charge is 2.48. The van der Waals surface area contributed by atoms with Crippen molar-refractivity contribution in [1.29, 1.82) is 0 Å². The zero-order chi connectivity index (χ0) is 13.5. The minimum atomic E-state index is -0.647. The summed E-state index contributed by atoms with van der Waals surface area (Å²) in [7, 11) is 0. The predicted octanol–water partition coefficient (Wildman–Crippen LogP) is -0.623. The lowest BCUT2D eigenvalue weighted by Gasteiger charge is -2.38. The largest absolute Gasteiger partial charge is 0.327 e. The van der Waals surface area contributed by atoms with Gasteiger partial charge in [-0.3, -0.25) is 19.7 Å². The van der Waals surface area contributed by atoms with Gasteiger partial charge in [-0.05, 0) is 26.7 Å². The number of hydrogen-bond donors (Lipinski definition) is 2. The van der Waals surface area contributed by atoms with E-state index in [2.05, 4.69) is 5.32 Å². The van der Waals surface area contributed by atoms with E-state index < -0.39 is 23.3 Å². The first-order chi connectivity index (χ1) is 8.36. The molecule has 2 aliphatic rings. The number of nitrogens with zero attached hydrogens (tertiary/aromatic N) is 1. The van der Waals surface area contributed by atoms with Gasteiger partial charge in [-0.2, -0.15) is 0 Å². The van der Waals surface area contributed by atoms with Crippen LogP contribution in [-0.2, 0) is 14.4 Å². The van der Waals surface area contributed by atoms with Crippen LogP contribution in [0.3, 0.4) is 0 Å². The second-order valence-corrected chi connectivity index (χ2v) is 5.44. The van der Waals surface area contributed by atoms with Crippen LogP contribution in [0.1, 0.15) is 33.1 Å². The molecule has 3 atom stereocenters. The lowest BCUT2D eigenvalue weighted by Crippen LogP contribution is -2.62. The van der Waals surface area contributed by atoms with E-state index >= 15 is 0 Å². The number of nitrogens with two attached hydrogens (primary N) is 1. The lowest BCUT2D eigenvalue weighted by molar-refractivity contribution is -0.155. The quantitative estimate of drug-likeness (QED) is 0.609. The van der Waals surface area contributed by atoms with Crippen molar-refractivity contribution < 1.29 is 14.4 Å². The Balaban J connectivity index is 2.22. The minimum absolute atomic E-state index is 0.0615. The van der Waals surface area contributed by atoms with Gasteiger partial charge in [-0.1, -0.05) is 6.42 Å². The van der Waals surface area contributed by atoms with Crippen LogP contribution in [0.2, 0.25) is 0 Å². The molecule has 0 aromatic rings. The third kappa shape index (κ3) is 1.90. The molecule has 1 aliphatic carbocycles. The molecule has 0 spiro atoms. The maximum absolute atomic E-state index is 12.5. The van der Waals surface area contributed by atoms with Crippen LogP contribution in [-0.4, -0.2) is 41.2 Å². The number of imide groups is 1. The molecule has 6 heteroatoms. The number of hydrogen-bond acceptors (Lipinski definition) is 4. The molecule has 6 nitrogen and oxygen atoms in total. The van der Waals surface area contributed by atoms with Gasteiger partial charge in [-0.15, -0.1) is 0 Å². The van der Waals surface area contributed by atoms with Crippen LogP contribution in [0.25, 0.3) is 0 Å². The zero-order valence-corrected chi connectivity index (χ0v) is 10.7. The third-order valence-electron chi connectivity index (χ3n) is 4.20. The number of rotatable bonds is 1. The first-order valence-corrected chi connectivity index (χ1v) is 6.26. The Labute approximate surface area is 106 Å². The van der Waals surface area contributed by atoms with Crippen LogP contribution in [0.15, 0.2) is 0 Å². The van der Waals surface area contributed by atoms with E-state index in [0.29, 0.717) is 6.42 Å². The highest BCUT2D eigenvalue weighted by molar-refractivity contribution is 6.04. The molecule has 1 saturated heterocycles. The zero-order valence-electron chi connectivity index (χ0n) is 10.7. The van der Waals surface area contributed by atoms with E-state index in [1.165, 1.54) is 4.90 Å². The van der Waals surface area contributed by atoms with E-state index in [-0.39, 0.29) is 18.5 Å². The summed E-state index contributed by atoms with van der Waals surface area (Å²) >= 11 is 0. The number of carbonyl (C=O) groups excluding carboxylic acids is 3. The highest BCUT2D eigenvalue weighted by Crippen LogP contribution is 2.38. The number of amides is 3. The van der Waals surface area contributed by atoms with Crippen molar-refractivity contribution in [3.05, 3.63) is 0 Å². The van der Waals surface area contributed by atoms with Gasteiger partial charge in [0.2, 0.25) is 17.7 Å². The summed E-state index contributed by atoms with van der Waals surface area (Å²) in [6.45, 7) is 3.40. The summed E-state index contributed by atoms with van der Waals surface area (Å²) in [6.07, 6.45) is 2.43. The second kappa shape index (κ2) is 4.35. The van der Waals surface area contributed by atoms with Crippen LogP contribution < -0.4 is 11.1 Å². The summed E-state index contributed by atoms with van der Waals surface area (Å²) in [6, 6.07) is -0.808. The summed E-state index contributed by atoms with van der Waals surface area (Å²) in [5.41, 5.74) is 5.36. The number of nitrogens with one attached hydrogen (secondary N) is 1. The SMILES string of the molecule is CC1C(=O)NC(=O)CN1C(=O)C1(C)CCCC1N. The fourth-order valence-electron chi connectivity index (χ4n) is 2.75. The summed E-state index contributed by atoms with van der Waals surface area (Å²) < 4.78 is 0. The first-order valence-electron chi connectivity index (χ1n) is 6.26. The van der Waals surface area contributed by atoms with Gasteiger partial charge in [0.15, 0.2) is 0 Å². The van der Waals surface area contributed by atoms with E-state index in [1.54, 1.807) is 6.92 Å². The standard InChI is InChI=1S/C12H19N3O3/c1-7-10(17)14-9(16)6-15(7)11(18)12(2)5-3-4-8(12)13/h7-8H,3-6,13H2,1-2H3,(H,14,16,17). The van der Waals surface area contributed by atoms with Gasteiger partial charge in [0.1, 0.15) is 12.6 Å². The molecule has 1 heterocycles. The summed E-state index contributed by atoms with van der Waals surface area (Å²) in [5.74, 6) is -1.03. The van der Waals surface area contributed by atoms with Gasteiger partial charge in [0.05, 0.1) is 5.41 Å². The van der Waals surface area contributed by atoms with E-state index in [4.69, 9.17) is 5.73 Å². The van der Waals surface area contributed by atoms with Crippen molar-refractivity contribution >= 4 is 17.7 Å². The second-order valence-electron chi connectivity index (χ2n) is 5.44. The molecule has 0 aromatic heterocycles. The van der Waals surface area contributed by atoms with Crippen molar-refractivity contribution in [3.8, 4) is 0 Å². The molecule has 18 heavy (non-hydrogen) atoms. The molecule has 2 fully saturated rings. The van der Waals surface area contributed by atoms with Gasteiger partial charge in [-0.25, -0.2) is 0 Å². The minimum Gasteiger partial charge on any atom is -0.327 e. The first kappa shape index (κ1) is 13.0. The lowest BCUT2D eigenvalue weighted by atomic mass is 9.83. The normalized spacial score (nSPS) is 36.7. The molecular weight excluding hydrogens is 234 g/mol. The smallest absolute Gasteiger partial charge is 0.249 e. The maximum Gasteiger partial charge on any atom is 0.249 e. The van der Waals surface area contributed by atoms with E-state index in [0.717, 1.165) is 12.8 Å². The molecule has 3 amide bonds. The van der Waals surface area contributed by atoms with Crippen LogP contribution in [0.5, 0.6) is 0 Å². The monoisotopic (exact) mass is 253 g/mol. The Bertz CT molecular complexity index is 409. The average molecular weight is 253 g/mol. The van der Waals surface area contributed by atoms with Crippen molar-refractivity contribution in [2.75, 3.05) is 6.54 Å². The van der Waals surface area contributed by atoms with Crippen molar-refractivity contribution in [2.24, 2.45) is 11.1 Å². The van der Waals surface area contributed by atoms with Gasteiger partial charge in [0.25, 0.3) is 0 Å². The molecule has 100 valence electrons. The predicted molar refractivity (Wildman–Crippen MR) is 64.3 cm³/mol. The molecule has 1 aliphatic heterocycles. The van der Waals surface area contributed by atoms with Crippen molar-refractivity contribution in [2.45, 2.75) is 45.2 Å². The summed E-state index contributed by atoms with van der Waals surface area (Å²) in [4.78, 5) is 36.8. The third-order valence-corrected chi connectivity index (χ3v) is 4.20. The molecule has 3 unspecified atom stereocenters. The topological polar surface area (TPSA) is 92.5 Å². The fraction of sp³-hybridized carbons (Fsp3) is 0.750. The van der Waals surface area contributed by atoms with Crippen LogP contribution >= 0.6 is 0 Å². The Kier molecular flexibility index (Phi) is 3.14. The van der Waals surface area contributed by atoms with Crippen LogP contribution in [0.4, 0.5) is 0 Å². The molecule has 0 bridgehead atoms. The van der Waals surface area contributed by atoms with Gasteiger partial charge < -0.3 is 10.6 Å². The molecule has 2 rings (SSSR count). The van der Waals surface area contributed by atoms with E-state index in [1.807, 2.05) is 6.92 Å². The Hall–Kier alpha value is -1.43. The highest BCUT2D eigenvalue weighted by atomic mass is 16.2. The number of carbonyl (C=O) groups is 3. The maximum atomic E-state index is 12.5. The Morgan fingerprint density at radius 2 is 2.17 bits per heavy atom. The molecule has 0 radical (unpaired) electrons. The molecule has 0 aromatic carbocycles. The molecular formula is C12H19N3O3. The fourth-order valence-corrected chi connectivity index (χ4v) is 2.75. The number of piperazine rings is 1. The summed E-state index contributed by atoms with van der Waals surface area (Å²) in [5, 5.41) is 2.23.